The number of anilines is 1. The molecule has 3 rings (SSSR count). The highest BCUT2D eigenvalue weighted by atomic mass is 19.1. The molecule has 148 valence electrons. The van der Waals surface area contributed by atoms with E-state index in [9.17, 15) is 14.0 Å². The summed E-state index contributed by atoms with van der Waals surface area (Å²) >= 11 is 0. The molecule has 1 aliphatic rings. The van der Waals surface area contributed by atoms with E-state index in [-0.39, 0.29) is 41.5 Å². The molecule has 2 amide bonds. The number of hydrogen-bond acceptors (Lipinski definition) is 6. The second-order valence-electron chi connectivity index (χ2n) is 5.59. The first-order valence-corrected chi connectivity index (χ1v) is 8.26. The Morgan fingerprint density at radius 2 is 2.00 bits per heavy atom. The molecule has 0 aliphatic carbocycles. The molecule has 1 aromatic heterocycles. The molecule has 2 aromatic rings. The molecule has 10 heteroatoms. The average Bonchev–Trinajstić information content (AvgIpc) is 2.63. The van der Waals surface area contributed by atoms with E-state index in [0.717, 1.165) is 13.0 Å². The molecular weight excluding hydrogens is 371 g/mol. The number of hydrogen-bond donors (Lipinski definition) is 4. The highest BCUT2D eigenvalue weighted by molar-refractivity contribution is 5.95. The highest BCUT2D eigenvalue weighted by Crippen LogP contribution is 2.26. The lowest BCUT2D eigenvalue weighted by Crippen LogP contribution is -2.50. The second kappa shape index (κ2) is 9.97. The molecule has 2 heterocycles. The van der Waals surface area contributed by atoms with Gasteiger partial charge in [0.15, 0.2) is 0 Å². The number of halogens is 1. The van der Waals surface area contributed by atoms with Crippen molar-refractivity contribution in [3.63, 3.8) is 0 Å². The molecule has 1 aromatic carbocycles. The molecule has 4 N–H and O–H groups in total. The van der Waals surface area contributed by atoms with Crippen molar-refractivity contribution in [1.82, 2.24) is 15.6 Å². The third-order valence-corrected chi connectivity index (χ3v) is 3.77. The van der Waals surface area contributed by atoms with Crippen LogP contribution in [-0.4, -0.2) is 48.0 Å². The zero-order valence-electron chi connectivity index (χ0n) is 14.9. The number of carbonyl (C=O) groups excluding carboxylic acids is 2. The zero-order chi connectivity index (χ0) is 20.5. The van der Waals surface area contributed by atoms with Gasteiger partial charge in [-0.1, -0.05) is 0 Å². The Bertz CT molecular complexity index is 858. The lowest BCUT2D eigenvalue weighted by Gasteiger charge is -2.26. The molecule has 0 unspecified atom stereocenters. The summed E-state index contributed by atoms with van der Waals surface area (Å²) in [4.78, 5) is 35.7. The van der Waals surface area contributed by atoms with E-state index in [1.807, 2.05) is 0 Å². The molecule has 1 atom stereocenters. The van der Waals surface area contributed by atoms with E-state index in [1.165, 1.54) is 37.5 Å². The third-order valence-electron chi connectivity index (χ3n) is 3.77. The molecule has 0 spiro atoms. The fourth-order valence-electron chi connectivity index (χ4n) is 2.26. The van der Waals surface area contributed by atoms with Crippen LogP contribution in [0.3, 0.4) is 0 Å². The van der Waals surface area contributed by atoms with Gasteiger partial charge in [0.05, 0.1) is 11.7 Å². The van der Waals surface area contributed by atoms with Crippen LogP contribution in [0.1, 0.15) is 16.9 Å². The summed E-state index contributed by atoms with van der Waals surface area (Å²) in [7, 11) is 1.50. The van der Waals surface area contributed by atoms with Crippen LogP contribution in [0.15, 0.2) is 36.5 Å². The predicted molar refractivity (Wildman–Crippen MR) is 97.8 cm³/mol. The van der Waals surface area contributed by atoms with Gasteiger partial charge in [-0.2, -0.15) is 0 Å². The number of benzene rings is 1. The number of nitrogens with one attached hydrogen (secondary N) is 3. The molecule has 0 saturated carbocycles. The van der Waals surface area contributed by atoms with Crippen LogP contribution >= 0.6 is 0 Å². The summed E-state index contributed by atoms with van der Waals surface area (Å²) in [5.74, 6) is -0.622. The first-order chi connectivity index (χ1) is 13.5. The van der Waals surface area contributed by atoms with Gasteiger partial charge in [-0.3, -0.25) is 19.4 Å². The van der Waals surface area contributed by atoms with E-state index in [1.54, 1.807) is 6.07 Å². The summed E-state index contributed by atoms with van der Waals surface area (Å²) < 4.78 is 19.7. The van der Waals surface area contributed by atoms with Crippen molar-refractivity contribution >= 4 is 24.0 Å². The van der Waals surface area contributed by atoms with Crippen LogP contribution in [-0.2, 0) is 9.59 Å². The van der Waals surface area contributed by atoms with E-state index in [2.05, 4.69) is 20.9 Å². The van der Waals surface area contributed by atoms with Gasteiger partial charge in [0.25, 0.3) is 12.4 Å². The predicted octanol–water partition coefficient (Wildman–Crippen LogP) is 1.37. The minimum Gasteiger partial charge on any atom is -0.483 e. The van der Waals surface area contributed by atoms with Gasteiger partial charge in [0.2, 0.25) is 5.91 Å². The summed E-state index contributed by atoms with van der Waals surface area (Å²) in [6.07, 6.45) is 2.17. The molecular formula is C18H19FN4O5. The molecule has 1 fully saturated rings. The number of carboxylic acid groups (broad SMARTS) is 1. The number of rotatable bonds is 5. The number of aromatic nitrogens is 1. The minimum absolute atomic E-state index is 0.0897. The maximum Gasteiger partial charge on any atom is 0.290 e. The second-order valence-corrected chi connectivity index (χ2v) is 5.59. The Morgan fingerprint density at radius 3 is 2.57 bits per heavy atom. The van der Waals surface area contributed by atoms with Crippen molar-refractivity contribution in [2.45, 2.75) is 12.5 Å². The van der Waals surface area contributed by atoms with Crippen LogP contribution < -0.4 is 20.7 Å². The van der Waals surface area contributed by atoms with E-state index >= 15 is 0 Å². The van der Waals surface area contributed by atoms with E-state index in [0.29, 0.717) is 5.75 Å². The maximum atomic E-state index is 14.2. The summed E-state index contributed by atoms with van der Waals surface area (Å²) in [6, 6.07) is 6.88. The Kier molecular flexibility index (Phi) is 7.40. The third kappa shape index (κ3) is 5.48. The smallest absolute Gasteiger partial charge is 0.290 e. The largest absolute Gasteiger partial charge is 0.483 e. The number of ether oxygens (including phenoxy) is 1. The van der Waals surface area contributed by atoms with Crippen molar-refractivity contribution in [2.75, 3.05) is 18.9 Å². The standard InChI is InChI=1S/C17H17FN4O3.CH2O2/c1-19-16(23)15-9-11(4-6-21-15)25-10-2-3-13(12(18)8-10)22-17(24)14-5-7-20-14;2-1-3/h2-4,6,8-9,14,20H,5,7H2,1H3,(H,19,23)(H,22,24);1H,(H,2,3)/t14-;/m0./s1. The van der Waals surface area contributed by atoms with Crippen molar-refractivity contribution < 1.29 is 28.6 Å². The number of amides is 2. The van der Waals surface area contributed by atoms with Crippen molar-refractivity contribution in [1.29, 1.82) is 0 Å². The fourth-order valence-corrected chi connectivity index (χ4v) is 2.26. The molecule has 0 bridgehead atoms. The SMILES string of the molecule is CNC(=O)c1cc(Oc2ccc(NC(=O)[C@@H]3CCN3)c(F)c2)ccn1.O=CO. The van der Waals surface area contributed by atoms with Crippen molar-refractivity contribution in [2.24, 2.45) is 0 Å². The first kappa shape index (κ1) is 20.8. The maximum absolute atomic E-state index is 14.2. The van der Waals surface area contributed by atoms with E-state index < -0.39 is 5.82 Å². The zero-order valence-corrected chi connectivity index (χ0v) is 14.9. The molecule has 1 aliphatic heterocycles. The van der Waals surface area contributed by atoms with Gasteiger partial charge in [-0.05, 0) is 31.2 Å². The normalized spacial score (nSPS) is 14.6. The van der Waals surface area contributed by atoms with Gasteiger partial charge in [0.1, 0.15) is 23.0 Å². The Hall–Kier alpha value is -3.53. The van der Waals surface area contributed by atoms with Gasteiger partial charge >= 0.3 is 0 Å². The molecule has 1 saturated heterocycles. The van der Waals surface area contributed by atoms with Gasteiger partial charge in [-0.25, -0.2) is 4.39 Å². The molecule has 9 nitrogen and oxygen atoms in total. The highest BCUT2D eigenvalue weighted by Gasteiger charge is 2.25. The van der Waals surface area contributed by atoms with Gasteiger partial charge in [-0.15, -0.1) is 0 Å². The Labute approximate surface area is 159 Å². The fraction of sp³-hybridized carbons (Fsp3) is 0.222. The van der Waals surface area contributed by atoms with Crippen LogP contribution in [0.4, 0.5) is 10.1 Å². The lowest BCUT2D eigenvalue weighted by atomic mass is 10.1. The summed E-state index contributed by atoms with van der Waals surface area (Å²) in [5, 5.41) is 14.8. The number of pyridine rings is 1. The quantitative estimate of drug-likeness (QED) is 0.568. The average molecular weight is 390 g/mol. The van der Waals surface area contributed by atoms with Crippen LogP contribution in [0.2, 0.25) is 0 Å². The van der Waals surface area contributed by atoms with Crippen LogP contribution in [0, 0.1) is 5.82 Å². The first-order valence-electron chi connectivity index (χ1n) is 8.26. The van der Waals surface area contributed by atoms with E-state index in [4.69, 9.17) is 14.6 Å². The Balaban J connectivity index is 0.000000878. The molecule has 0 radical (unpaired) electrons. The monoisotopic (exact) mass is 390 g/mol. The summed E-state index contributed by atoms with van der Waals surface area (Å²) in [5.41, 5.74) is 0.282. The van der Waals surface area contributed by atoms with Crippen molar-refractivity contribution in [3.05, 3.63) is 48.0 Å². The minimum atomic E-state index is -0.606. The summed E-state index contributed by atoms with van der Waals surface area (Å²) in [6.45, 7) is 0.539. The number of carbonyl (C=O) groups is 3. The van der Waals surface area contributed by atoms with Gasteiger partial charge < -0.3 is 25.8 Å². The van der Waals surface area contributed by atoms with Crippen LogP contribution in [0.25, 0.3) is 0 Å². The van der Waals surface area contributed by atoms with Gasteiger partial charge in [0, 0.05) is 25.4 Å². The van der Waals surface area contributed by atoms with Crippen LogP contribution in [0.5, 0.6) is 11.5 Å². The van der Waals surface area contributed by atoms with Crippen molar-refractivity contribution in [3.8, 4) is 11.5 Å². The topological polar surface area (TPSA) is 130 Å². The Morgan fingerprint density at radius 1 is 1.32 bits per heavy atom. The lowest BCUT2D eigenvalue weighted by molar-refractivity contribution is -0.123. The number of nitrogens with zero attached hydrogens (tertiary/aromatic N) is 1. The molecule has 28 heavy (non-hydrogen) atoms.